The number of nitrogens with zero attached hydrogens (tertiary/aromatic N) is 1. The molecule has 0 saturated heterocycles. The van der Waals surface area contributed by atoms with Gasteiger partial charge in [0.05, 0.1) is 0 Å². The molecule has 1 aromatic heterocycles. The van der Waals surface area contributed by atoms with Crippen LogP contribution in [0.5, 0.6) is 0 Å². The summed E-state index contributed by atoms with van der Waals surface area (Å²) in [5.74, 6) is 0. The second kappa shape index (κ2) is 3.18. The standard InChI is InChI=1S/C9H10BrN/c1-6(2)9-4-8(10)5-11-7(9)3/h4-5H,1H2,2-3H3. The summed E-state index contributed by atoms with van der Waals surface area (Å²) in [7, 11) is 0. The Kier molecular flexibility index (Phi) is 2.45. The van der Waals surface area contributed by atoms with Gasteiger partial charge in [-0.1, -0.05) is 6.58 Å². The van der Waals surface area contributed by atoms with Crippen LogP contribution in [0.2, 0.25) is 0 Å². The molecule has 0 fully saturated rings. The van der Waals surface area contributed by atoms with Crippen LogP contribution in [-0.2, 0) is 0 Å². The molecule has 11 heavy (non-hydrogen) atoms. The summed E-state index contributed by atoms with van der Waals surface area (Å²) in [5, 5.41) is 0. The van der Waals surface area contributed by atoms with Crippen LogP contribution in [0.25, 0.3) is 5.57 Å². The molecule has 1 aromatic rings. The van der Waals surface area contributed by atoms with E-state index < -0.39 is 0 Å². The molecular weight excluding hydrogens is 202 g/mol. The molecular formula is C9H10BrN. The van der Waals surface area contributed by atoms with Gasteiger partial charge in [-0.05, 0) is 47.0 Å². The predicted octanol–water partition coefficient (Wildman–Crippen LogP) is 3.19. The average molecular weight is 212 g/mol. The lowest BCUT2D eigenvalue weighted by molar-refractivity contribution is 1.17. The molecule has 0 N–H and O–H groups in total. The van der Waals surface area contributed by atoms with Gasteiger partial charge in [-0.3, -0.25) is 4.98 Å². The molecule has 0 saturated carbocycles. The number of allylic oxidation sites excluding steroid dienone is 1. The third kappa shape index (κ3) is 1.90. The van der Waals surface area contributed by atoms with Crippen molar-refractivity contribution >= 4 is 21.5 Å². The van der Waals surface area contributed by atoms with Crippen LogP contribution < -0.4 is 0 Å². The van der Waals surface area contributed by atoms with E-state index in [1.807, 2.05) is 19.9 Å². The fraction of sp³-hybridized carbons (Fsp3) is 0.222. The molecule has 58 valence electrons. The van der Waals surface area contributed by atoms with Crippen molar-refractivity contribution in [2.45, 2.75) is 13.8 Å². The first-order chi connectivity index (χ1) is 5.11. The molecule has 0 atom stereocenters. The van der Waals surface area contributed by atoms with E-state index in [4.69, 9.17) is 0 Å². The first-order valence-electron chi connectivity index (χ1n) is 3.39. The average Bonchev–Trinajstić information content (AvgIpc) is 1.94. The van der Waals surface area contributed by atoms with Crippen molar-refractivity contribution in [2.75, 3.05) is 0 Å². The van der Waals surface area contributed by atoms with E-state index in [1.165, 1.54) is 0 Å². The monoisotopic (exact) mass is 211 g/mol. The summed E-state index contributed by atoms with van der Waals surface area (Å²) in [4.78, 5) is 4.19. The van der Waals surface area contributed by atoms with E-state index in [9.17, 15) is 0 Å². The van der Waals surface area contributed by atoms with Crippen molar-refractivity contribution in [2.24, 2.45) is 0 Å². The Bertz CT molecular complexity index is 292. The van der Waals surface area contributed by atoms with Crippen molar-refractivity contribution in [3.8, 4) is 0 Å². The van der Waals surface area contributed by atoms with Crippen molar-refractivity contribution in [3.63, 3.8) is 0 Å². The predicted molar refractivity (Wildman–Crippen MR) is 51.4 cm³/mol. The zero-order valence-electron chi connectivity index (χ0n) is 6.69. The summed E-state index contributed by atoms with van der Waals surface area (Å²) in [6.45, 7) is 7.83. The van der Waals surface area contributed by atoms with Crippen LogP contribution in [-0.4, -0.2) is 4.98 Å². The summed E-state index contributed by atoms with van der Waals surface area (Å²) < 4.78 is 1.00. The number of hydrogen-bond donors (Lipinski definition) is 0. The third-order valence-electron chi connectivity index (χ3n) is 1.51. The van der Waals surface area contributed by atoms with Crippen LogP contribution in [0.1, 0.15) is 18.2 Å². The molecule has 0 bridgehead atoms. The van der Waals surface area contributed by atoms with Crippen LogP contribution in [0, 0.1) is 6.92 Å². The quantitative estimate of drug-likeness (QED) is 0.696. The first-order valence-corrected chi connectivity index (χ1v) is 4.18. The topological polar surface area (TPSA) is 12.9 Å². The van der Waals surface area contributed by atoms with Gasteiger partial charge in [0.15, 0.2) is 0 Å². The van der Waals surface area contributed by atoms with Gasteiger partial charge >= 0.3 is 0 Å². The van der Waals surface area contributed by atoms with E-state index in [-0.39, 0.29) is 0 Å². The van der Waals surface area contributed by atoms with Gasteiger partial charge in [-0.2, -0.15) is 0 Å². The van der Waals surface area contributed by atoms with Gasteiger partial charge in [0, 0.05) is 16.4 Å². The number of aromatic nitrogens is 1. The Morgan fingerprint density at radius 3 is 2.73 bits per heavy atom. The molecule has 0 spiro atoms. The zero-order valence-corrected chi connectivity index (χ0v) is 8.27. The maximum absolute atomic E-state index is 4.19. The molecule has 0 aromatic carbocycles. The first kappa shape index (κ1) is 8.47. The summed E-state index contributed by atoms with van der Waals surface area (Å²) >= 11 is 3.36. The molecule has 0 amide bonds. The number of rotatable bonds is 1. The van der Waals surface area contributed by atoms with Gasteiger partial charge in [0.25, 0.3) is 0 Å². The highest BCUT2D eigenvalue weighted by Crippen LogP contribution is 2.18. The molecule has 0 aliphatic rings. The molecule has 0 unspecified atom stereocenters. The van der Waals surface area contributed by atoms with E-state index >= 15 is 0 Å². The van der Waals surface area contributed by atoms with Gasteiger partial charge in [0.2, 0.25) is 0 Å². The third-order valence-corrected chi connectivity index (χ3v) is 1.95. The van der Waals surface area contributed by atoms with Crippen LogP contribution in [0.15, 0.2) is 23.3 Å². The Hall–Kier alpha value is -0.630. The van der Waals surface area contributed by atoms with Gasteiger partial charge in [-0.15, -0.1) is 0 Å². The Morgan fingerprint density at radius 2 is 2.27 bits per heavy atom. The fourth-order valence-corrected chi connectivity index (χ4v) is 1.27. The number of pyridine rings is 1. The SMILES string of the molecule is C=C(C)c1cc(Br)cnc1C. The lowest BCUT2D eigenvalue weighted by Gasteiger charge is -2.03. The van der Waals surface area contributed by atoms with Gasteiger partial charge in [-0.25, -0.2) is 0 Å². The molecule has 1 rings (SSSR count). The maximum Gasteiger partial charge on any atom is 0.0448 e. The molecule has 0 aliphatic carbocycles. The molecule has 1 heterocycles. The maximum atomic E-state index is 4.19. The molecule has 0 radical (unpaired) electrons. The Labute approximate surface area is 75.3 Å². The van der Waals surface area contributed by atoms with E-state index in [0.29, 0.717) is 0 Å². The van der Waals surface area contributed by atoms with Gasteiger partial charge in [0.1, 0.15) is 0 Å². The Morgan fingerprint density at radius 1 is 1.64 bits per heavy atom. The fourth-order valence-electron chi connectivity index (χ4n) is 0.940. The molecule has 2 heteroatoms. The minimum Gasteiger partial charge on any atom is -0.260 e. The molecule has 1 nitrogen and oxygen atoms in total. The number of aryl methyl sites for hydroxylation is 1. The van der Waals surface area contributed by atoms with E-state index in [1.54, 1.807) is 6.20 Å². The van der Waals surface area contributed by atoms with E-state index in [0.717, 1.165) is 21.3 Å². The smallest absolute Gasteiger partial charge is 0.0448 e. The van der Waals surface area contributed by atoms with E-state index in [2.05, 4.69) is 27.5 Å². The lowest BCUT2D eigenvalue weighted by atomic mass is 10.1. The minimum atomic E-state index is 1.00. The van der Waals surface area contributed by atoms with Crippen molar-refractivity contribution < 1.29 is 0 Å². The Balaban J connectivity index is 3.23. The minimum absolute atomic E-state index is 1.00. The highest BCUT2D eigenvalue weighted by molar-refractivity contribution is 9.10. The van der Waals surface area contributed by atoms with Crippen molar-refractivity contribution in [1.82, 2.24) is 4.98 Å². The number of halogens is 1. The highest BCUT2D eigenvalue weighted by atomic mass is 79.9. The van der Waals surface area contributed by atoms with Crippen LogP contribution >= 0.6 is 15.9 Å². The van der Waals surface area contributed by atoms with Crippen molar-refractivity contribution in [1.29, 1.82) is 0 Å². The van der Waals surface area contributed by atoms with Crippen LogP contribution in [0.4, 0.5) is 0 Å². The largest absolute Gasteiger partial charge is 0.260 e. The second-order valence-corrected chi connectivity index (χ2v) is 3.48. The normalized spacial score (nSPS) is 9.73. The summed E-state index contributed by atoms with van der Waals surface area (Å²) in [6.07, 6.45) is 1.79. The second-order valence-electron chi connectivity index (χ2n) is 2.57. The van der Waals surface area contributed by atoms with Gasteiger partial charge < -0.3 is 0 Å². The number of hydrogen-bond acceptors (Lipinski definition) is 1. The summed E-state index contributed by atoms with van der Waals surface area (Å²) in [5.41, 5.74) is 3.20. The van der Waals surface area contributed by atoms with Crippen molar-refractivity contribution in [3.05, 3.63) is 34.6 Å². The highest BCUT2D eigenvalue weighted by Gasteiger charge is 1.99. The zero-order chi connectivity index (χ0) is 8.43. The summed E-state index contributed by atoms with van der Waals surface area (Å²) in [6, 6.07) is 2.03. The molecule has 0 aliphatic heterocycles. The lowest BCUT2D eigenvalue weighted by Crippen LogP contribution is -1.88. The van der Waals surface area contributed by atoms with Crippen LogP contribution in [0.3, 0.4) is 0 Å².